The molecule has 1 unspecified atom stereocenters. The molecule has 33 heavy (non-hydrogen) atoms. The molecule has 1 aliphatic rings. The van der Waals surface area contributed by atoms with Crippen molar-refractivity contribution in [3.8, 4) is 11.4 Å². The number of anilines is 3. The van der Waals surface area contributed by atoms with Gasteiger partial charge >= 0.3 is 0 Å². The van der Waals surface area contributed by atoms with Gasteiger partial charge in [-0.25, -0.2) is 14.4 Å². The standard InChI is InChI=1S/C24H22ClFN6O/c1-27-23-18-9-8-17(14-3-5-15(26)6-4-14)22(18)30-24(31-23)29-16-7-10-19(20(11-16)33-2)32-12-21(25)28-13-32/h3-7,10-13,17H,8-9H2,1-2H3,(H2,27,29,30,31)/i1D3. The third kappa shape index (κ3) is 4.09. The molecular formula is C24H22ClFN6O. The molecule has 0 radical (unpaired) electrons. The van der Waals surface area contributed by atoms with E-state index >= 15 is 0 Å². The topological polar surface area (TPSA) is 76.9 Å². The van der Waals surface area contributed by atoms with Gasteiger partial charge in [0.15, 0.2) is 0 Å². The molecule has 0 saturated carbocycles. The van der Waals surface area contributed by atoms with Gasteiger partial charge in [-0.15, -0.1) is 0 Å². The van der Waals surface area contributed by atoms with Gasteiger partial charge in [0.2, 0.25) is 5.95 Å². The maximum absolute atomic E-state index is 13.5. The van der Waals surface area contributed by atoms with E-state index in [1.165, 1.54) is 12.1 Å². The summed E-state index contributed by atoms with van der Waals surface area (Å²) in [7, 11) is 1.55. The number of aromatic nitrogens is 4. The number of nitrogens with one attached hydrogen (secondary N) is 2. The first-order chi connectivity index (χ1) is 17.2. The van der Waals surface area contributed by atoms with Crippen molar-refractivity contribution in [3.05, 3.63) is 82.8 Å². The molecule has 0 aliphatic heterocycles. The third-order valence-corrected chi connectivity index (χ3v) is 5.90. The average molecular weight is 468 g/mol. The van der Waals surface area contributed by atoms with Gasteiger partial charge in [-0.3, -0.25) is 0 Å². The zero-order valence-corrected chi connectivity index (χ0v) is 18.4. The Kier molecular flexibility index (Phi) is 4.71. The highest BCUT2D eigenvalue weighted by atomic mass is 35.5. The second-order valence-electron chi connectivity index (χ2n) is 7.64. The quantitative estimate of drug-likeness (QED) is 0.399. The lowest BCUT2D eigenvalue weighted by atomic mass is 9.97. The van der Waals surface area contributed by atoms with E-state index in [1.807, 2.05) is 12.1 Å². The molecule has 2 aromatic heterocycles. The van der Waals surface area contributed by atoms with E-state index in [1.54, 1.807) is 42.4 Å². The second kappa shape index (κ2) is 8.71. The highest BCUT2D eigenvalue weighted by Crippen LogP contribution is 2.40. The predicted octanol–water partition coefficient (Wildman–Crippen LogP) is 5.33. The molecule has 4 aromatic rings. The highest BCUT2D eigenvalue weighted by Gasteiger charge is 2.29. The Balaban J connectivity index is 1.52. The molecule has 0 amide bonds. The second-order valence-corrected chi connectivity index (χ2v) is 8.03. The fourth-order valence-electron chi connectivity index (χ4n) is 4.17. The van der Waals surface area contributed by atoms with E-state index in [2.05, 4.69) is 20.6 Å². The fourth-order valence-corrected chi connectivity index (χ4v) is 4.32. The van der Waals surface area contributed by atoms with Crippen LogP contribution in [0, 0.1) is 5.82 Å². The van der Waals surface area contributed by atoms with Gasteiger partial charge in [-0.1, -0.05) is 23.7 Å². The Hall–Kier alpha value is -3.65. The van der Waals surface area contributed by atoms with Gasteiger partial charge in [0.05, 0.1) is 18.5 Å². The Morgan fingerprint density at radius 2 is 2.06 bits per heavy atom. The fraction of sp³-hybridized carbons (Fsp3) is 0.208. The molecule has 0 spiro atoms. The Bertz CT molecular complexity index is 1410. The Morgan fingerprint density at radius 3 is 2.79 bits per heavy atom. The molecule has 5 rings (SSSR count). The molecule has 1 aliphatic carbocycles. The van der Waals surface area contributed by atoms with Gasteiger partial charge in [0.1, 0.15) is 28.9 Å². The Morgan fingerprint density at radius 1 is 1.21 bits per heavy atom. The molecule has 2 aromatic carbocycles. The molecule has 2 heterocycles. The number of fused-ring (bicyclic) bond motifs is 1. The van der Waals surface area contributed by atoms with Gasteiger partial charge in [0.25, 0.3) is 0 Å². The minimum Gasteiger partial charge on any atom is -0.494 e. The van der Waals surface area contributed by atoms with Crippen LogP contribution in [0.15, 0.2) is 55.0 Å². The number of methoxy groups -OCH3 is 1. The van der Waals surface area contributed by atoms with Crippen molar-refractivity contribution in [2.75, 3.05) is 24.7 Å². The summed E-state index contributed by atoms with van der Waals surface area (Å²) < 4.78 is 43.8. The van der Waals surface area contributed by atoms with Crippen LogP contribution in [-0.4, -0.2) is 33.6 Å². The van der Waals surface area contributed by atoms with Crippen LogP contribution in [-0.2, 0) is 6.42 Å². The van der Waals surface area contributed by atoms with Gasteiger partial charge in [0, 0.05) is 40.5 Å². The summed E-state index contributed by atoms with van der Waals surface area (Å²) >= 11 is 5.95. The van der Waals surface area contributed by atoms with Crippen LogP contribution in [0.1, 0.15) is 33.3 Å². The molecule has 168 valence electrons. The van der Waals surface area contributed by atoms with Crippen molar-refractivity contribution in [3.63, 3.8) is 0 Å². The van der Waals surface area contributed by atoms with Crippen molar-refractivity contribution in [2.45, 2.75) is 18.8 Å². The number of hydrogen-bond acceptors (Lipinski definition) is 6. The summed E-state index contributed by atoms with van der Waals surface area (Å²) in [5.74, 6) is 0.616. The minimum atomic E-state index is -2.43. The van der Waals surface area contributed by atoms with Crippen molar-refractivity contribution in [1.82, 2.24) is 19.5 Å². The molecule has 0 bridgehead atoms. The third-order valence-electron chi connectivity index (χ3n) is 5.71. The lowest BCUT2D eigenvalue weighted by Crippen LogP contribution is -2.08. The number of imidazole rings is 1. The lowest BCUT2D eigenvalue weighted by Gasteiger charge is -2.16. The molecule has 0 fully saturated rings. The molecule has 1 atom stereocenters. The summed E-state index contributed by atoms with van der Waals surface area (Å²) in [5.41, 5.74) is 3.74. The van der Waals surface area contributed by atoms with Gasteiger partial charge < -0.3 is 19.9 Å². The molecule has 2 N–H and O–H groups in total. The predicted molar refractivity (Wildman–Crippen MR) is 127 cm³/mol. The summed E-state index contributed by atoms with van der Waals surface area (Å²) in [6.45, 7) is -2.43. The Labute approximate surface area is 199 Å². The normalized spacial score (nSPS) is 16.5. The van der Waals surface area contributed by atoms with E-state index < -0.39 is 6.98 Å². The van der Waals surface area contributed by atoms with Crippen LogP contribution in [0.3, 0.4) is 0 Å². The van der Waals surface area contributed by atoms with E-state index in [9.17, 15) is 4.39 Å². The zero-order valence-electron chi connectivity index (χ0n) is 20.6. The number of nitrogens with zero attached hydrogens (tertiary/aromatic N) is 4. The maximum atomic E-state index is 13.5. The first-order valence-corrected chi connectivity index (χ1v) is 10.7. The summed E-state index contributed by atoms with van der Waals surface area (Å²) in [6, 6.07) is 11.7. The van der Waals surface area contributed by atoms with E-state index in [0.29, 0.717) is 35.1 Å². The van der Waals surface area contributed by atoms with Crippen LogP contribution in [0.5, 0.6) is 5.75 Å². The molecular weight excluding hydrogens is 443 g/mol. The summed E-state index contributed by atoms with van der Waals surface area (Å²) in [6.07, 6.45) is 4.56. The molecule has 0 saturated heterocycles. The number of rotatable bonds is 6. The van der Waals surface area contributed by atoms with Crippen LogP contribution in [0.2, 0.25) is 5.15 Å². The van der Waals surface area contributed by atoms with Crippen molar-refractivity contribution < 1.29 is 13.2 Å². The lowest BCUT2D eigenvalue weighted by molar-refractivity contribution is 0.413. The number of benzene rings is 2. The van der Waals surface area contributed by atoms with E-state index in [0.717, 1.165) is 16.8 Å². The van der Waals surface area contributed by atoms with Gasteiger partial charge in [-0.05, 0) is 42.7 Å². The maximum Gasteiger partial charge on any atom is 0.229 e. The van der Waals surface area contributed by atoms with Crippen LogP contribution < -0.4 is 15.4 Å². The first kappa shape index (κ1) is 17.9. The average Bonchev–Trinajstić information content (AvgIpc) is 3.45. The first-order valence-electron chi connectivity index (χ1n) is 11.8. The zero-order chi connectivity index (χ0) is 25.4. The minimum absolute atomic E-state index is 0.107. The van der Waals surface area contributed by atoms with E-state index in [4.69, 9.17) is 25.4 Å². The monoisotopic (exact) mass is 467 g/mol. The summed E-state index contributed by atoms with van der Waals surface area (Å²) in [4.78, 5) is 13.3. The number of halogens is 2. The van der Waals surface area contributed by atoms with Crippen LogP contribution >= 0.6 is 11.6 Å². The smallest absolute Gasteiger partial charge is 0.229 e. The van der Waals surface area contributed by atoms with Gasteiger partial charge in [-0.2, -0.15) is 4.98 Å². The number of hydrogen-bond donors (Lipinski definition) is 2. The molecule has 9 heteroatoms. The largest absolute Gasteiger partial charge is 0.494 e. The summed E-state index contributed by atoms with van der Waals surface area (Å²) in [5, 5.41) is 6.07. The van der Waals surface area contributed by atoms with Crippen molar-refractivity contribution in [1.29, 1.82) is 0 Å². The van der Waals surface area contributed by atoms with Crippen LogP contribution in [0.4, 0.5) is 21.8 Å². The van der Waals surface area contributed by atoms with E-state index in [-0.39, 0.29) is 23.5 Å². The highest BCUT2D eigenvalue weighted by molar-refractivity contribution is 6.29. The van der Waals surface area contributed by atoms with Crippen molar-refractivity contribution >= 4 is 29.1 Å². The molecule has 7 nitrogen and oxygen atoms in total. The van der Waals surface area contributed by atoms with Crippen LogP contribution in [0.25, 0.3) is 5.69 Å². The van der Waals surface area contributed by atoms with Crippen molar-refractivity contribution in [2.24, 2.45) is 0 Å². The SMILES string of the molecule is [2H]C([2H])([2H])Nc1nc(Nc2ccc(-n3cnc(Cl)c3)c(OC)c2)nc2c1CCC2c1ccc(F)cc1. The number of ether oxygens (including phenoxy) is 1.